The van der Waals surface area contributed by atoms with Crippen molar-refractivity contribution in [3.05, 3.63) is 47.8 Å². The number of likely N-dealkylation sites (N-methyl/N-ethyl adjacent to an activating group) is 1. The second kappa shape index (κ2) is 13.2. The van der Waals surface area contributed by atoms with Crippen molar-refractivity contribution in [2.45, 2.75) is 31.6 Å². The first-order valence-corrected chi connectivity index (χ1v) is 13.6. The molecule has 2 atom stereocenters. The van der Waals surface area contributed by atoms with Crippen molar-refractivity contribution in [2.75, 3.05) is 65.8 Å². The number of rotatable bonds is 12. The van der Waals surface area contributed by atoms with Gasteiger partial charge in [0.25, 0.3) is 0 Å². The van der Waals surface area contributed by atoms with E-state index >= 15 is 0 Å². The van der Waals surface area contributed by atoms with E-state index in [1.807, 2.05) is 29.7 Å². The standard InChI is InChI=1S/C26H38N8O3S/c1-18-16-27-25(28-17-18)24(37-6)19(2)38-31-26-30-29-22(10-11-33-14-12-32(3)13-15-33)34(26)23-20(35-4)8-7-9-21(23)36-5/h7-9,16-17,19,24H,10-15H2,1-6H3,(H,30,31). The third-order valence-corrected chi connectivity index (χ3v) is 7.59. The van der Waals surface area contributed by atoms with Crippen LogP contribution in [0.5, 0.6) is 11.5 Å². The van der Waals surface area contributed by atoms with Crippen molar-refractivity contribution in [1.82, 2.24) is 34.5 Å². The predicted octanol–water partition coefficient (Wildman–Crippen LogP) is 3.01. The van der Waals surface area contributed by atoms with E-state index in [0.717, 1.165) is 56.2 Å². The highest BCUT2D eigenvalue weighted by Crippen LogP contribution is 2.36. The van der Waals surface area contributed by atoms with Gasteiger partial charge in [0, 0.05) is 58.6 Å². The molecule has 1 aliphatic heterocycles. The van der Waals surface area contributed by atoms with Gasteiger partial charge in [-0.3, -0.25) is 9.29 Å². The van der Waals surface area contributed by atoms with Gasteiger partial charge in [0.15, 0.2) is 5.82 Å². The number of hydrogen-bond donors (Lipinski definition) is 1. The molecule has 1 N–H and O–H groups in total. The Bertz CT molecular complexity index is 1150. The first kappa shape index (κ1) is 28.1. The van der Waals surface area contributed by atoms with E-state index in [9.17, 15) is 0 Å². The van der Waals surface area contributed by atoms with E-state index in [2.05, 4.69) is 48.7 Å². The van der Waals surface area contributed by atoms with Crippen LogP contribution in [-0.2, 0) is 11.2 Å². The summed E-state index contributed by atoms with van der Waals surface area (Å²) in [4.78, 5) is 13.7. The largest absolute Gasteiger partial charge is 0.494 e. The van der Waals surface area contributed by atoms with Crippen LogP contribution < -0.4 is 14.2 Å². The van der Waals surface area contributed by atoms with Gasteiger partial charge in [0.2, 0.25) is 5.95 Å². The minimum absolute atomic E-state index is 0.0267. The third-order valence-electron chi connectivity index (χ3n) is 6.67. The molecule has 1 aliphatic rings. The molecule has 1 saturated heterocycles. The monoisotopic (exact) mass is 542 g/mol. The summed E-state index contributed by atoms with van der Waals surface area (Å²) in [7, 11) is 7.14. The maximum Gasteiger partial charge on any atom is 0.239 e. The van der Waals surface area contributed by atoms with Gasteiger partial charge in [-0.25, -0.2) is 9.97 Å². The lowest BCUT2D eigenvalue weighted by atomic mass is 10.2. The molecule has 3 aromatic rings. The van der Waals surface area contributed by atoms with E-state index < -0.39 is 0 Å². The zero-order chi connectivity index (χ0) is 27.1. The Morgan fingerprint density at radius 2 is 1.66 bits per heavy atom. The van der Waals surface area contributed by atoms with Crippen LogP contribution in [0.1, 0.15) is 30.2 Å². The molecule has 12 heteroatoms. The van der Waals surface area contributed by atoms with Crippen molar-refractivity contribution in [2.24, 2.45) is 0 Å². The SMILES string of the molecule is COc1cccc(OC)c1-n1c(CCN2CCN(C)CC2)nnc1NSC(C)C(OC)c1ncc(C)cn1. The average Bonchev–Trinajstić information content (AvgIpc) is 3.34. The van der Waals surface area contributed by atoms with Crippen molar-refractivity contribution in [3.63, 3.8) is 0 Å². The highest BCUT2D eigenvalue weighted by atomic mass is 32.2. The van der Waals surface area contributed by atoms with Crippen molar-refractivity contribution in [1.29, 1.82) is 0 Å². The number of benzene rings is 1. The van der Waals surface area contributed by atoms with Gasteiger partial charge in [-0.2, -0.15) is 0 Å². The summed E-state index contributed by atoms with van der Waals surface area (Å²) in [5.74, 6) is 3.40. The average molecular weight is 543 g/mol. The molecule has 1 fully saturated rings. The van der Waals surface area contributed by atoms with Crippen LogP contribution in [-0.4, -0.2) is 101 Å². The van der Waals surface area contributed by atoms with E-state index in [1.54, 1.807) is 33.7 Å². The fourth-order valence-corrected chi connectivity index (χ4v) is 5.20. The van der Waals surface area contributed by atoms with Crippen LogP contribution in [0.3, 0.4) is 0 Å². The van der Waals surface area contributed by atoms with Crippen molar-refractivity contribution >= 4 is 17.9 Å². The number of piperazine rings is 1. The number of aryl methyl sites for hydroxylation is 1. The topological polar surface area (TPSA) is 103 Å². The Balaban J connectivity index is 1.59. The molecule has 3 heterocycles. The molecule has 38 heavy (non-hydrogen) atoms. The molecule has 2 unspecified atom stereocenters. The molecule has 0 aliphatic carbocycles. The summed E-state index contributed by atoms with van der Waals surface area (Å²) in [5, 5.41) is 9.09. The van der Waals surface area contributed by atoms with Crippen LogP contribution in [0.25, 0.3) is 5.69 Å². The summed E-state index contributed by atoms with van der Waals surface area (Å²) in [5.41, 5.74) is 1.77. The Morgan fingerprint density at radius 3 is 2.26 bits per heavy atom. The number of hydrogen-bond acceptors (Lipinski definition) is 11. The van der Waals surface area contributed by atoms with Crippen LogP contribution in [0.2, 0.25) is 0 Å². The Kier molecular flexibility index (Phi) is 9.78. The lowest BCUT2D eigenvalue weighted by Gasteiger charge is -2.32. The summed E-state index contributed by atoms with van der Waals surface area (Å²) in [6.45, 7) is 9.14. The van der Waals surface area contributed by atoms with E-state index in [-0.39, 0.29) is 11.4 Å². The molecule has 0 amide bonds. The zero-order valence-electron chi connectivity index (χ0n) is 23.0. The molecule has 2 aromatic heterocycles. The molecule has 0 spiro atoms. The lowest BCUT2D eigenvalue weighted by molar-refractivity contribution is 0.0972. The number of para-hydroxylation sites is 1. The first-order chi connectivity index (χ1) is 18.4. The highest BCUT2D eigenvalue weighted by Gasteiger charge is 2.26. The normalized spacial score (nSPS) is 16.3. The van der Waals surface area contributed by atoms with Gasteiger partial charge >= 0.3 is 0 Å². The fraction of sp³-hybridized carbons (Fsp3) is 0.538. The van der Waals surface area contributed by atoms with Crippen LogP contribution in [0.15, 0.2) is 30.6 Å². The quantitative estimate of drug-likeness (QED) is 0.342. The van der Waals surface area contributed by atoms with Crippen molar-refractivity contribution < 1.29 is 14.2 Å². The lowest BCUT2D eigenvalue weighted by Crippen LogP contribution is -2.45. The Morgan fingerprint density at radius 1 is 1.00 bits per heavy atom. The minimum atomic E-state index is -0.304. The number of methoxy groups -OCH3 is 3. The Hall–Kier alpha value is -2.93. The van der Waals surface area contributed by atoms with Crippen LogP contribution in [0, 0.1) is 6.92 Å². The predicted molar refractivity (Wildman–Crippen MR) is 149 cm³/mol. The summed E-state index contributed by atoms with van der Waals surface area (Å²) >= 11 is 1.48. The molecular weight excluding hydrogens is 504 g/mol. The van der Waals surface area contributed by atoms with Crippen LogP contribution in [0.4, 0.5) is 5.95 Å². The minimum Gasteiger partial charge on any atom is -0.494 e. The van der Waals surface area contributed by atoms with Gasteiger partial charge in [-0.05, 0) is 50.5 Å². The van der Waals surface area contributed by atoms with Crippen molar-refractivity contribution in [3.8, 4) is 17.2 Å². The van der Waals surface area contributed by atoms with Gasteiger partial charge in [-0.15, -0.1) is 10.2 Å². The smallest absolute Gasteiger partial charge is 0.239 e. The summed E-state index contributed by atoms with van der Waals surface area (Å²) in [6.07, 6.45) is 4.03. The van der Waals surface area contributed by atoms with E-state index in [1.165, 1.54) is 11.9 Å². The molecule has 11 nitrogen and oxygen atoms in total. The molecule has 0 saturated carbocycles. The van der Waals surface area contributed by atoms with Gasteiger partial charge in [-0.1, -0.05) is 6.07 Å². The van der Waals surface area contributed by atoms with Crippen LogP contribution >= 0.6 is 11.9 Å². The second-order valence-corrected chi connectivity index (χ2v) is 10.6. The zero-order valence-corrected chi connectivity index (χ0v) is 23.9. The molecular formula is C26H38N8O3S. The Labute approximate surface area is 229 Å². The maximum atomic E-state index is 5.76. The van der Waals surface area contributed by atoms with E-state index in [4.69, 9.17) is 14.2 Å². The van der Waals surface area contributed by atoms with Gasteiger partial charge in [0.1, 0.15) is 29.1 Å². The number of anilines is 1. The summed E-state index contributed by atoms with van der Waals surface area (Å²) < 4.78 is 22.6. The third kappa shape index (κ3) is 6.55. The number of aromatic nitrogens is 5. The summed E-state index contributed by atoms with van der Waals surface area (Å²) in [6, 6.07) is 5.73. The molecule has 206 valence electrons. The number of nitrogens with zero attached hydrogens (tertiary/aromatic N) is 7. The maximum absolute atomic E-state index is 5.76. The highest BCUT2D eigenvalue weighted by molar-refractivity contribution is 8.01. The first-order valence-electron chi connectivity index (χ1n) is 12.7. The molecule has 4 rings (SSSR count). The van der Waals surface area contributed by atoms with Gasteiger partial charge < -0.3 is 24.0 Å². The molecule has 0 bridgehead atoms. The fourth-order valence-electron chi connectivity index (χ4n) is 4.43. The van der Waals surface area contributed by atoms with Gasteiger partial charge in [0.05, 0.1) is 19.5 Å². The second-order valence-electron chi connectivity index (χ2n) is 9.38. The van der Waals surface area contributed by atoms with E-state index in [0.29, 0.717) is 23.3 Å². The molecule has 0 radical (unpaired) electrons. The number of ether oxygens (including phenoxy) is 3. The molecule has 1 aromatic carbocycles. The number of nitrogens with one attached hydrogen (secondary N) is 1.